The summed E-state index contributed by atoms with van der Waals surface area (Å²) in [6, 6.07) is 18.8. The molecule has 3 aromatic rings. The van der Waals surface area contributed by atoms with E-state index in [1.165, 1.54) is 29.2 Å². The quantitative estimate of drug-likeness (QED) is 0.239. The first-order chi connectivity index (χ1) is 17.4. The van der Waals surface area contributed by atoms with E-state index in [2.05, 4.69) is 0 Å². The Bertz CT molecular complexity index is 1270. The van der Waals surface area contributed by atoms with Crippen LogP contribution in [0.4, 0.5) is 4.39 Å². The first-order valence-electron chi connectivity index (χ1n) is 11.9. The van der Waals surface area contributed by atoms with E-state index in [9.17, 15) is 19.1 Å². The van der Waals surface area contributed by atoms with Crippen molar-refractivity contribution in [2.24, 2.45) is 0 Å². The summed E-state index contributed by atoms with van der Waals surface area (Å²) < 4.78 is 25.1. The van der Waals surface area contributed by atoms with Crippen LogP contribution in [0.15, 0.2) is 78.4 Å². The van der Waals surface area contributed by atoms with Crippen molar-refractivity contribution in [3.63, 3.8) is 0 Å². The fourth-order valence-electron chi connectivity index (χ4n) is 4.23. The van der Waals surface area contributed by atoms with E-state index in [1.54, 1.807) is 18.2 Å². The maximum Gasteiger partial charge on any atom is 0.295 e. The lowest BCUT2D eigenvalue weighted by atomic mass is 9.94. The molecule has 1 N–H and O–H groups in total. The van der Waals surface area contributed by atoms with Gasteiger partial charge in [-0.2, -0.15) is 0 Å². The molecule has 0 bridgehead atoms. The van der Waals surface area contributed by atoms with Crippen LogP contribution in [0, 0.1) is 5.82 Å². The second kappa shape index (κ2) is 11.1. The summed E-state index contributed by atoms with van der Waals surface area (Å²) in [5.41, 5.74) is 1.60. The third kappa shape index (κ3) is 5.10. The minimum atomic E-state index is -0.880. The molecule has 6 nitrogen and oxygen atoms in total. The van der Waals surface area contributed by atoms with Gasteiger partial charge in [0.05, 0.1) is 24.8 Å². The van der Waals surface area contributed by atoms with E-state index in [4.69, 9.17) is 9.47 Å². The van der Waals surface area contributed by atoms with Crippen LogP contribution in [0.25, 0.3) is 5.76 Å². The zero-order chi connectivity index (χ0) is 25.7. The molecule has 1 atom stereocenters. The molecule has 4 rings (SSSR count). The van der Waals surface area contributed by atoms with Crippen LogP contribution in [0.1, 0.15) is 43.0 Å². The number of carbonyl (C=O) groups is 2. The molecule has 1 unspecified atom stereocenters. The number of amides is 1. The summed E-state index contributed by atoms with van der Waals surface area (Å²) in [7, 11) is 0. The number of ether oxygens (including phenoxy) is 2. The van der Waals surface area contributed by atoms with Crippen molar-refractivity contribution in [3.05, 3.63) is 101 Å². The third-order valence-electron chi connectivity index (χ3n) is 5.90. The summed E-state index contributed by atoms with van der Waals surface area (Å²) in [6.07, 6.45) is 0.822. The Morgan fingerprint density at radius 1 is 0.944 bits per heavy atom. The van der Waals surface area contributed by atoms with Crippen molar-refractivity contribution < 1.29 is 28.6 Å². The number of aliphatic hydroxyl groups is 1. The SMILES string of the molecule is CCCOc1ccc(C2/C(=C(\O)c3ccc(F)cc3)C(=O)C(=O)N2Cc2ccccc2)cc1OCC. The average Bonchev–Trinajstić information content (AvgIpc) is 3.13. The van der Waals surface area contributed by atoms with Gasteiger partial charge in [0.1, 0.15) is 11.6 Å². The maximum absolute atomic E-state index is 13.5. The van der Waals surface area contributed by atoms with E-state index >= 15 is 0 Å². The van der Waals surface area contributed by atoms with Crippen molar-refractivity contribution >= 4 is 17.4 Å². The third-order valence-corrected chi connectivity index (χ3v) is 5.90. The predicted octanol–water partition coefficient (Wildman–Crippen LogP) is 5.64. The molecule has 186 valence electrons. The molecular weight excluding hydrogens is 461 g/mol. The van der Waals surface area contributed by atoms with Gasteiger partial charge in [0.25, 0.3) is 11.7 Å². The predicted molar refractivity (Wildman–Crippen MR) is 134 cm³/mol. The average molecular weight is 490 g/mol. The van der Waals surface area contributed by atoms with Gasteiger partial charge in [0.2, 0.25) is 0 Å². The van der Waals surface area contributed by atoms with Crippen molar-refractivity contribution in [2.45, 2.75) is 32.9 Å². The fourth-order valence-corrected chi connectivity index (χ4v) is 4.23. The molecular formula is C29H28FNO5. The molecule has 0 radical (unpaired) electrons. The largest absolute Gasteiger partial charge is 0.507 e. The van der Waals surface area contributed by atoms with E-state index in [-0.39, 0.29) is 23.4 Å². The molecule has 0 aliphatic carbocycles. The van der Waals surface area contributed by atoms with Crippen molar-refractivity contribution in [2.75, 3.05) is 13.2 Å². The topological polar surface area (TPSA) is 76.1 Å². The van der Waals surface area contributed by atoms with Crippen molar-refractivity contribution in [1.29, 1.82) is 0 Å². The Morgan fingerprint density at radius 3 is 2.33 bits per heavy atom. The number of hydrogen-bond acceptors (Lipinski definition) is 5. The number of carbonyl (C=O) groups excluding carboxylic acids is 2. The number of rotatable bonds is 9. The second-order valence-corrected chi connectivity index (χ2v) is 8.41. The molecule has 1 heterocycles. The van der Waals surface area contributed by atoms with Crippen molar-refractivity contribution in [1.82, 2.24) is 4.90 Å². The molecule has 1 fully saturated rings. The smallest absolute Gasteiger partial charge is 0.295 e. The Hall–Kier alpha value is -4.13. The van der Waals surface area contributed by atoms with Crippen LogP contribution < -0.4 is 9.47 Å². The highest BCUT2D eigenvalue weighted by Crippen LogP contribution is 2.42. The number of hydrogen-bond donors (Lipinski definition) is 1. The highest BCUT2D eigenvalue weighted by molar-refractivity contribution is 6.46. The molecule has 0 saturated carbocycles. The normalized spacial score (nSPS) is 16.9. The number of likely N-dealkylation sites (tertiary alicyclic amines) is 1. The number of aliphatic hydroxyl groups excluding tert-OH is 1. The molecule has 1 amide bonds. The summed E-state index contributed by atoms with van der Waals surface area (Å²) in [4.78, 5) is 27.9. The summed E-state index contributed by atoms with van der Waals surface area (Å²) >= 11 is 0. The van der Waals surface area contributed by atoms with E-state index in [0.29, 0.717) is 30.3 Å². The van der Waals surface area contributed by atoms with Crippen LogP contribution in [0.5, 0.6) is 11.5 Å². The van der Waals surface area contributed by atoms with E-state index < -0.39 is 23.5 Å². The number of benzene rings is 3. The second-order valence-electron chi connectivity index (χ2n) is 8.41. The van der Waals surface area contributed by atoms with Crippen LogP contribution in [-0.4, -0.2) is 34.9 Å². The summed E-state index contributed by atoms with van der Waals surface area (Å²) in [6.45, 7) is 4.92. The van der Waals surface area contributed by atoms with Gasteiger partial charge >= 0.3 is 0 Å². The molecule has 0 aromatic heterocycles. The highest BCUT2D eigenvalue weighted by Gasteiger charge is 2.46. The van der Waals surface area contributed by atoms with Crippen LogP contribution in [0.3, 0.4) is 0 Å². The Kier molecular flexibility index (Phi) is 7.68. The maximum atomic E-state index is 13.5. The lowest BCUT2D eigenvalue weighted by Gasteiger charge is -2.26. The molecule has 1 saturated heterocycles. The monoisotopic (exact) mass is 489 g/mol. The fraction of sp³-hybridized carbons (Fsp3) is 0.241. The first kappa shape index (κ1) is 25.0. The number of halogens is 1. The van der Waals surface area contributed by atoms with Gasteiger partial charge in [-0.3, -0.25) is 9.59 Å². The molecule has 36 heavy (non-hydrogen) atoms. The Morgan fingerprint density at radius 2 is 1.67 bits per heavy atom. The van der Waals surface area contributed by atoms with E-state index in [0.717, 1.165) is 12.0 Å². The minimum Gasteiger partial charge on any atom is -0.507 e. The Balaban J connectivity index is 1.86. The summed E-state index contributed by atoms with van der Waals surface area (Å²) in [5.74, 6) is -1.33. The van der Waals surface area contributed by atoms with Crippen LogP contribution in [-0.2, 0) is 16.1 Å². The molecule has 0 spiro atoms. The molecule has 7 heteroatoms. The molecule has 1 aliphatic rings. The lowest BCUT2D eigenvalue weighted by Crippen LogP contribution is -2.29. The van der Waals surface area contributed by atoms with Gasteiger partial charge in [0.15, 0.2) is 11.5 Å². The minimum absolute atomic E-state index is 0.0628. The number of Topliss-reactive ketones (excluding diaryl/α,β-unsaturated/α-hetero) is 1. The van der Waals surface area contributed by atoms with Crippen molar-refractivity contribution in [3.8, 4) is 11.5 Å². The Labute approximate surface area is 209 Å². The molecule has 1 aliphatic heterocycles. The number of ketones is 1. The zero-order valence-corrected chi connectivity index (χ0v) is 20.2. The van der Waals surface area contributed by atoms with E-state index in [1.807, 2.05) is 44.2 Å². The summed E-state index contributed by atoms with van der Waals surface area (Å²) in [5, 5.41) is 11.2. The molecule has 3 aromatic carbocycles. The standard InChI is InChI=1S/C29H28FNO5/c1-3-16-36-23-15-12-21(17-24(23)35-4-2)26-25(27(32)20-10-13-22(30)14-11-20)28(33)29(34)31(26)18-19-8-6-5-7-9-19/h5-15,17,26,32H,3-4,16,18H2,1-2H3/b27-25+. The van der Waals surface area contributed by atoms with Crippen LogP contribution >= 0.6 is 0 Å². The lowest BCUT2D eigenvalue weighted by molar-refractivity contribution is -0.140. The van der Waals surface area contributed by atoms with Gasteiger partial charge in [-0.05, 0) is 60.9 Å². The first-order valence-corrected chi connectivity index (χ1v) is 11.9. The number of nitrogens with zero attached hydrogens (tertiary/aromatic N) is 1. The van der Waals surface area contributed by atoms with Crippen LogP contribution in [0.2, 0.25) is 0 Å². The van der Waals surface area contributed by atoms with Gasteiger partial charge in [-0.25, -0.2) is 4.39 Å². The van der Waals surface area contributed by atoms with Gasteiger partial charge in [0, 0.05) is 12.1 Å². The zero-order valence-electron chi connectivity index (χ0n) is 20.2. The van der Waals surface area contributed by atoms with Gasteiger partial charge < -0.3 is 19.5 Å². The van der Waals surface area contributed by atoms with Gasteiger partial charge in [-0.1, -0.05) is 43.3 Å². The van der Waals surface area contributed by atoms with Gasteiger partial charge in [-0.15, -0.1) is 0 Å². The highest BCUT2D eigenvalue weighted by atomic mass is 19.1.